The summed E-state index contributed by atoms with van der Waals surface area (Å²) in [6.07, 6.45) is 1.52. The molecule has 1 aromatic rings. The van der Waals surface area contributed by atoms with E-state index in [0.717, 1.165) is 24.2 Å². The largest absolute Gasteiger partial charge is 0.325 e. The molecule has 0 aromatic heterocycles. The Labute approximate surface area is 125 Å². The molecule has 1 fully saturated rings. The van der Waals surface area contributed by atoms with Crippen LogP contribution in [0.4, 0.5) is 11.4 Å². The Morgan fingerprint density at radius 2 is 2.10 bits per heavy atom. The summed E-state index contributed by atoms with van der Waals surface area (Å²) in [5.41, 5.74) is 8.43. The van der Waals surface area contributed by atoms with Crippen LogP contribution in [0, 0.1) is 12.8 Å². The second-order valence-corrected chi connectivity index (χ2v) is 5.91. The van der Waals surface area contributed by atoms with Gasteiger partial charge in [0.1, 0.15) is 0 Å². The summed E-state index contributed by atoms with van der Waals surface area (Å²) >= 11 is 0. The molecule has 1 aliphatic rings. The van der Waals surface area contributed by atoms with Gasteiger partial charge in [-0.2, -0.15) is 0 Å². The molecule has 2 rings (SSSR count). The number of rotatable bonds is 4. The van der Waals surface area contributed by atoms with Crippen molar-refractivity contribution >= 4 is 23.2 Å². The van der Waals surface area contributed by atoms with Crippen LogP contribution in [0.1, 0.15) is 32.3 Å². The fraction of sp³-hybridized carbons (Fsp3) is 0.500. The van der Waals surface area contributed by atoms with Crippen LogP contribution in [0.3, 0.4) is 0 Å². The molecule has 5 heteroatoms. The molecule has 0 aliphatic carbocycles. The third-order valence-electron chi connectivity index (χ3n) is 3.85. The van der Waals surface area contributed by atoms with Crippen molar-refractivity contribution in [1.82, 2.24) is 0 Å². The van der Waals surface area contributed by atoms with Crippen molar-refractivity contribution in [3.8, 4) is 0 Å². The molecule has 114 valence electrons. The van der Waals surface area contributed by atoms with Crippen LogP contribution in [-0.4, -0.2) is 24.4 Å². The predicted octanol–water partition coefficient (Wildman–Crippen LogP) is 2.04. The Hall–Kier alpha value is -1.88. The van der Waals surface area contributed by atoms with Gasteiger partial charge in [-0.05, 0) is 43.0 Å². The highest BCUT2D eigenvalue weighted by atomic mass is 16.2. The first kappa shape index (κ1) is 15.5. The van der Waals surface area contributed by atoms with Crippen LogP contribution < -0.4 is 16.0 Å². The maximum Gasteiger partial charge on any atom is 0.241 e. The minimum absolute atomic E-state index is 0.0904. The summed E-state index contributed by atoms with van der Waals surface area (Å²) in [6.45, 7) is 6.54. The van der Waals surface area contributed by atoms with Gasteiger partial charge in [-0.25, -0.2) is 0 Å². The molecular formula is C16H23N3O2. The number of nitrogens with zero attached hydrogens (tertiary/aromatic N) is 1. The van der Waals surface area contributed by atoms with E-state index in [9.17, 15) is 9.59 Å². The molecule has 3 N–H and O–H groups in total. The number of aryl methyl sites for hydroxylation is 1. The van der Waals surface area contributed by atoms with Gasteiger partial charge in [0.2, 0.25) is 11.8 Å². The first-order valence-electron chi connectivity index (χ1n) is 7.37. The van der Waals surface area contributed by atoms with Crippen LogP contribution in [-0.2, 0) is 9.59 Å². The standard InChI is InChI=1S/C16H23N3O2/c1-10(2)15(17)16(21)18-12-6-7-13(11(3)9-12)19-8-4-5-14(19)20/h6-7,9-10,15H,4-5,8,17H2,1-3H3,(H,18,21). The molecule has 1 aliphatic heterocycles. The molecule has 5 nitrogen and oxygen atoms in total. The van der Waals surface area contributed by atoms with Crippen molar-refractivity contribution in [2.24, 2.45) is 11.7 Å². The lowest BCUT2D eigenvalue weighted by atomic mass is 10.0. The van der Waals surface area contributed by atoms with Crippen LogP contribution >= 0.6 is 0 Å². The molecule has 1 aromatic carbocycles. The average molecular weight is 289 g/mol. The van der Waals surface area contributed by atoms with Crippen LogP contribution in [0.2, 0.25) is 0 Å². The maximum absolute atomic E-state index is 12.0. The van der Waals surface area contributed by atoms with E-state index in [0.29, 0.717) is 12.1 Å². The van der Waals surface area contributed by atoms with E-state index in [1.54, 1.807) is 4.90 Å². The zero-order valence-corrected chi connectivity index (χ0v) is 12.8. The SMILES string of the molecule is Cc1cc(NC(=O)C(N)C(C)C)ccc1N1CCCC1=O. The summed E-state index contributed by atoms with van der Waals surface area (Å²) in [7, 11) is 0. The number of carbonyl (C=O) groups is 2. The number of hydrogen-bond acceptors (Lipinski definition) is 3. The molecule has 1 heterocycles. The van der Waals surface area contributed by atoms with Crippen LogP contribution in [0.15, 0.2) is 18.2 Å². The number of nitrogens with two attached hydrogens (primary N) is 1. The Morgan fingerprint density at radius 3 is 2.62 bits per heavy atom. The number of carbonyl (C=O) groups excluding carboxylic acids is 2. The molecular weight excluding hydrogens is 266 g/mol. The van der Waals surface area contributed by atoms with Gasteiger partial charge in [0, 0.05) is 24.3 Å². The third-order valence-corrected chi connectivity index (χ3v) is 3.85. The van der Waals surface area contributed by atoms with Gasteiger partial charge >= 0.3 is 0 Å². The van der Waals surface area contributed by atoms with E-state index in [2.05, 4.69) is 5.32 Å². The summed E-state index contributed by atoms with van der Waals surface area (Å²) in [4.78, 5) is 25.6. The number of anilines is 2. The fourth-order valence-electron chi connectivity index (χ4n) is 2.47. The second kappa shape index (κ2) is 6.26. The summed E-state index contributed by atoms with van der Waals surface area (Å²) in [5, 5.41) is 2.83. The van der Waals surface area contributed by atoms with E-state index in [1.165, 1.54) is 0 Å². The van der Waals surface area contributed by atoms with Crippen molar-refractivity contribution in [2.75, 3.05) is 16.8 Å². The van der Waals surface area contributed by atoms with Crippen LogP contribution in [0.5, 0.6) is 0 Å². The van der Waals surface area contributed by atoms with E-state index in [1.807, 2.05) is 39.0 Å². The van der Waals surface area contributed by atoms with Gasteiger partial charge in [-0.15, -0.1) is 0 Å². The number of amides is 2. The number of nitrogens with one attached hydrogen (secondary N) is 1. The van der Waals surface area contributed by atoms with Gasteiger partial charge in [0.25, 0.3) is 0 Å². The minimum atomic E-state index is -0.523. The fourth-order valence-corrected chi connectivity index (χ4v) is 2.47. The van der Waals surface area contributed by atoms with Crippen LogP contribution in [0.25, 0.3) is 0 Å². The monoisotopic (exact) mass is 289 g/mol. The Bertz CT molecular complexity index is 554. The lowest BCUT2D eigenvalue weighted by Gasteiger charge is -2.20. The minimum Gasteiger partial charge on any atom is -0.325 e. The lowest BCUT2D eigenvalue weighted by molar-refractivity contribution is -0.118. The van der Waals surface area contributed by atoms with Crippen molar-refractivity contribution in [2.45, 2.75) is 39.7 Å². The zero-order valence-electron chi connectivity index (χ0n) is 12.8. The molecule has 0 saturated carbocycles. The van der Waals surface area contributed by atoms with Gasteiger partial charge < -0.3 is 16.0 Å². The lowest BCUT2D eigenvalue weighted by Crippen LogP contribution is -2.39. The highest BCUT2D eigenvalue weighted by molar-refractivity contribution is 5.97. The Kier molecular flexibility index (Phi) is 4.63. The maximum atomic E-state index is 12.0. The molecule has 1 saturated heterocycles. The molecule has 2 amide bonds. The predicted molar refractivity (Wildman–Crippen MR) is 84.2 cm³/mol. The number of benzene rings is 1. The summed E-state index contributed by atoms with van der Waals surface area (Å²) in [6, 6.07) is 5.06. The van der Waals surface area contributed by atoms with E-state index in [-0.39, 0.29) is 17.7 Å². The molecule has 0 spiro atoms. The zero-order chi connectivity index (χ0) is 15.6. The Morgan fingerprint density at radius 1 is 1.38 bits per heavy atom. The summed E-state index contributed by atoms with van der Waals surface area (Å²) < 4.78 is 0. The van der Waals surface area contributed by atoms with Crippen molar-refractivity contribution in [3.63, 3.8) is 0 Å². The van der Waals surface area contributed by atoms with Crippen molar-refractivity contribution in [3.05, 3.63) is 23.8 Å². The summed E-state index contributed by atoms with van der Waals surface area (Å²) in [5.74, 6) is 0.0682. The first-order chi connectivity index (χ1) is 9.90. The van der Waals surface area contributed by atoms with Gasteiger partial charge in [0.05, 0.1) is 6.04 Å². The van der Waals surface area contributed by atoms with Gasteiger partial charge in [-0.3, -0.25) is 9.59 Å². The third kappa shape index (κ3) is 3.42. The molecule has 0 radical (unpaired) electrons. The van der Waals surface area contributed by atoms with Crippen molar-refractivity contribution < 1.29 is 9.59 Å². The number of hydrogen-bond donors (Lipinski definition) is 2. The molecule has 1 atom stereocenters. The molecule has 0 bridgehead atoms. The quantitative estimate of drug-likeness (QED) is 0.890. The topological polar surface area (TPSA) is 75.4 Å². The van der Waals surface area contributed by atoms with E-state index >= 15 is 0 Å². The van der Waals surface area contributed by atoms with Gasteiger partial charge in [-0.1, -0.05) is 13.8 Å². The van der Waals surface area contributed by atoms with E-state index in [4.69, 9.17) is 5.73 Å². The van der Waals surface area contributed by atoms with Crippen molar-refractivity contribution in [1.29, 1.82) is 0 Å². The molecule has 1 unspecified atom stereocenters. The van der Waals surface area contributed by atoms with Gasteiger partial charge in [0.15, 0.2) is 0 Å². The highest BCUT2D eigenvalue weighted by Crippen LogP contribution is 2.27. The normalized spacial score (nSPS) is 16.4. The molecule has 21 heavy (non-hydrogen) atoms. The van der Waals surface area contributed by atoms with E-state index < -0.39 is 6.04 Å². The average Bonchev–Trinajstić information content (AvgIpc) is 2.84. The first-order valence-corrected chi connectivity index (χ1v) is 7.37. The highest BCUT2D eigenvalue weighted by Gasteiger charge is 2.23. The Balaban J connectivity index is 2.12. The smallest absolute Gasteiger partial charge is 0.241 e. The second-order valence-electron chi connectivity index (χ2n) is 5.91.